The molecular formula is C23H23N5O3. The summed E-state index contributed by atoms with van der Waals surface area (Å²) in [7, 11) is 4.83. The molecule has 2 aromatic heterocycles. The standard InChI is InChI=1S/C23H23N5O3/c1-13-5-7-15(29-2)12-18(13)26-22-21-17(27-23(24)28-22)9-8-16(25-21)14-6-10-19(30-3)20(11-14)31-4/h5-12H,1-4H3,(H3,24,26,27,28). The zero-order chi connectivity index (χ0) is 22.0. The monoisotopic (exact) mass is 417 g/mol. The van der Waals surface area contributed by atoms with Gasteiger partial charge in [0.05, 0.1) is 32.5 Å². The lowest BCUT2D eigenvalue weighted by atomic mass is 10.1. The van der Waals surface area contributed by atoms with E-state index >= 15 is 0 Å². The fourth-order valence-corrected chi connectivity index (χ4v) is 3.27. The second-order valence-electron chi connectivity index (χ2n) is 6.87. The second kappa shape index (κ2) is 8.35. The maximum Gasteiger partial charge on any atom is 0.222 e. The number of benzene rings is 2. The van der Waals surface area contributed by atoms with E-state index in [0.717, 1.165) is 28.3 Å². The Bertz CT molecular complexity index is 1260. The average Bonchev–Trinajstić information content (AvgIpc) is 2.79. The molecule has 0 aliphatic rings. The maximum absolute atomic E-state index is 5.95. The summed E-state index contributed by atoms with van der Waals surface area (Å²) in [6.07, 6.45) is 0. The Kier molecular flexibility index (Phi) is 5.44. The normalized spacial score (nSPS) is 10.7. The van der Waals surface area contributed by atoms with E-state index in [0.29, 0.717) is 28.4 Å². The van der Waals surface area contributed by atoms with Crippen LogP contribution in [0.1, 0.15) is 5.56 Å². The molecule has 0 saturated carbocycles. The van der Waals surface area contributed by atoms with Gasteiger partial charge in [-0.3, -0.25) is 0 Å². The lowest BCUT2D eigenvalue weighted by Gasteiger charge is -2.13. The summed E-state index contributed by atoms with van der Waals surface area (Å²) in [5.41, 5.74) is 10.7. The molecule has 0 aliphatic carbocycles. The molecule has 0 aliphatic heterocycles. The number of nitrogens with two attached hydrogens (primary N) is 1. The first-order valence-corrected chi connectivity index (χ1v) is 9.60. The number of ether oxygens (including phenoxy) is 3. The summed E-state index contributed by atoms with van der Waals surface area (Å²) in [5.74, 6) is 2.69. The first-order valence-electron chi connectivity index (χ1n) is 9.60. The fraction of sp³-hybridized carbons (Fsp3) is 0.174. The molecule has 4 aromatic rings. The first-order chi connectivity index (χ1) is 15.0. The molecule has 8 nitrogen and oxygen atoms in total. The van der Waals surface area contributed by atoms with Crippen LogP contribution >= 0.6 is 0 Å². The van der Waals surface area contributed by atoms with Crippen molar-refractivity contribution in [1.82, 2.24) is 15.0 Å². The van der Waals surface area contributed by atoms with Crippen molar-refractivity contribution >= 4 is 28.5 Å². The number of rotatable bonds is 6. The van der Waals surface area contributed by atoms with Crippen molar-refractivity contribution in [3.8, 4) is 28.5 Å². The number of hydrogen-bond acceptors (Lipinski definition) is 8. The summed E-state index contributed by atoms with van der Waals surface area (Å²) in [5, 5.41) is 3.33. The van der Waals surface area contributed by atoms with Crippen molar-refractivity contribution in [2.45, 2.75) is 6.92 Å². The predicted octanol–water partition coefficient (Wildman–Crippen LogP) is 4.35. The summed E-state index contributed by atoms with van der Waals surface area (Å²) in [6.45, 7) is 2.00. The van der Waals surface area contributed by atoms with E-state index in [1.807, 2.05) is 55.5 Å². The Labute approximate surface area is 180 Å². The smallest absolute Gasteiger partial charge is 0.222 e. The molecule has 0 fully saturated rings. The van der Waals surface area contributed by atoms with Crippen molar-refractivity contribution < 1.29 is 14.2 Å². The van der Waals surface area contributed by atoms with Gasteiger partial charge >= 0.3 is 0 Å². The van der Waals surface area contributed by atoms with Gasteiger partial charge in [0.15, 0.2) is 17.3 Å². The van der Waals surface area contributed by atoms with Gasteiger partial charge in [0.25, 0.3) is 0 Å². The van der Waals surface area contributed by atoms with Gasteiger partial charge in [0.2, 0.25) is 5.95 Å². The highest BCUT2D eigenvalue weighted by atomic mass is 16.5. The van der Waals surface area contributed by atoms with Crippen LogP contribution in [0.4, 0.5) is 17.5 Å². The van der Waals surface area contributed by atoms with Gasteiger partial charge in [0, 0.05) is 17.3 Å². The summed E-state index contributed by atoms with van der Waals surface area (Å²) in [6, 6.07) is 15.2. The van der Waals surface area contributed by atoms with Gasteiger partial charge in [-0.25, -0.2) is 9.97 Å². The van der Waals surface area contributed by atoms with Crippen LogP contribution in [0.25, 0.3) is 22.3 Å². The van der Waals surface area contributed by atoms with Crippen LogP contribution in [0.15, 0.2) is 48.5 Å². The number of nitrogens with zero attached hydrogens (tertiary/aromatic N) is 3. The molecule has 4 rings (SSSR count). The number of fused-ring (bicyclic) bond motifs is 1. The highest BCUT2D eigenvalue weighted by molar-refractivity contribution is 5.90. The average molecular weight is 417 g/mol. The Morgan fingerprint density at radius 1 is 0.806 bits per heavy atom. The SMILES string of the molecule is COc1ccc(C)c(Nc2nc(N)nc3ccc(-c4ccc(OC)c(OC)c4)nc23)c1. The molecule has 0 atom stereocenters. The Morgan fingerprint density at radius 2 is 1.61 bits per heavy atom. The van der Waals surface area contributed by atoms with Gasteiger partial charge in [-0.2, -0.15) is 4.98 Å². The van der Waals surface area contributed by atoms with Gasteiger partial charge in [-0.05, 0) is 48.9 Å². The number of aromatic nitrogens is 3. The first kappa shape index (κ1) is 20.2. The minimum Gasteiger partial charge on any atom is -0.497 e. The van der Waals surface area contributed by atoms with Gasteiger partial charge in [-0.15, -0.1) is 0 Å². The van der Waals surface area contributed by atoms with E-state index in [1.165, 1.54) is 0 Å². The van der Waals surface area contributed by atoms with Crippen LogP contribution in [0.3, 0.4) is 0 Å². The molecule has 0 saturated heterocycles. The number of anilines is 3. The van der Waals surface area contributed by atoms with E-state index in [1.54, 1.807) is 21.3 Å². The van der Waals surface area contributed by atoms with E-state index in [-0.39, 0.29) is 5.95 Å². The van der Waals surface area contributed by atoms with Crippen molar-refractivity contribution in [2.75, 3.05) is 32.4 Å². The van der Waals surface area contributed by atoms with Gasteiger partial charge < -0.3 is 25.3 Å². The molecule has 0 radical (unpaired) electrons. The number of aryl methyl sites for hydroxylation is 1. The molecule has 0 bridgehead atoms. The summed E-state index contributed by atoms with van der Waals surface area (Å²) in [4.78, 5) is 13.5. The van der Waals surface area contributed by atoms with Crippen LogP contribution in [0, 0.1) is 6.92 Å². The number of methoxy groups -OCH3 is 3. The Balaban J connectivity index is 1.82. The molecule has 158 valence electrons. The van der Waals surface area contributed by atoms with Crippen LogP contribution in [0.2, 0.25) is 0 Å². The molecule has 0 spiro atoms. The third-order valence-electron chi connectivity index (χ3n) is 4.94. The minimum atomic E-state index is 0.163. The Morgan fingerprint density at radius 3 is 2.35 bits per heavy atom. The van der Waals surface area contributed by atoms with Crippen molar-refractivity contribution in [3.63, 3.8) is 0 Å². The number of hydrogen-bond donors (Lipinski definition) is 2. The van der Waals surface area contributed by atoms with Crippen LogP contribution in [-0.2, 0) is 0 Å². The van der Waals surface area contributed by atoms with Gasteiger partial charge in [0.1, 0.15) is 11.3 Å². The molecule has 2 heterocycles. The highest BCUT2D eigenvalue weighted by Gasteiger charge is 2.13. The predicted molar refractivity (Wildman–Crippen MR) is 121 cm³/mol. The topological polar surface area (TPSA) is 104 Å². The zero-order valence-electron chi connectivity index (χ0n) is 17.8. The van der Waals surface area contributed by atoms with E-state index < -0.39 is 0 Å². The number of nitrogen functional groups attached to an aromatic ring is 1. The van der Waals surface area contributed by atoms with Crippen LogP contribution < -0.4 is 25.3 Å². The van der Waals surface area contributed by atoms with Crippen molar-refractivity contribution in [3.05, 3.63) is 54.1 Å². The molecule has 31 heavy (non-hydrogen) atoms. The summed E-state index contributed by atoms with van der Waals surface area (Å²) < 4.78 is 16.1. The van der Waals surface area contributed by atoms with E-state index in [4.69, 9.17) is 24.9 Å². The quantitative estimate of drug-likeness (QED) is 0.477. The fourth-order valence-electron chi connectivity index (χ4n) is 3.27. The third kappa shape index (κ3) is 4.00. The van der Waals surface area contributed by atoms with Crippen LogP contribution in [-0.4, -0.2) is 36.3 Å². The highest BCUT2D eigenvalue weighted by Crippen LogP contribution is 2.33. The molecule has 3 N–H and O–H groups in total. The number of pyridine rings is 1. The van der Waals surface area contributed by atoms with Gasteiger partial charge in [-0.1, -0.05) is 6.07 Å². The lowest BCUT2D eigenvalue weighted by Crippen LogP contribution is -2.04. The number of nitrogens with one attached hydrogen (secondary N) is 1. The maximum atomic E-state index is 5.95. The van der Waals surface area contributed by atoms with Crippen molar-refractivity contribution in [2.24, 2.45) is 0 Å². The molecule has 8 heteroatoms. The second-order valence-corrected chi connectivity index (χ2v) is 6.87. The third-order valence-corrected chi connectivity index (χ3v) is 4.94. The Hall–Kier alpha value is -4.07. The minimum absolute atomic E-state index is 0.163. The molecule has 0 amide bonds. The summed E-state index contributed by atoms with van der Waals surface area (Å²) >= 11 is 0. The molecule has 0 unspecified atom stereocenters. The van der Waals surface area contributed by atoms with E-state index in [2.05, 4.69) is 15.3 Å². The van der Waals surface area contributed by atoms with Crippen LogP contribution in [0.5, 0.6) is 17.2 Å². The van der Waals surface area contributed by atoms with E-state index in [9.17, 15) is 0 Å². The largest absolute Gasteiger partial charge is 0.497 e. The van der Waals surface area contributed by atoms with Crippen molar-refractivity contribution in [1.29, 1.82) is 0 Å². The molecular weight excluding hydrogens is 394 g/mol. The lowest BCUT2D eigenvalue weighted by molar-refractivity contribution is 0.355. The molecule has 2 aromatic carbocycles. The zero-order valence-corrected chi connectivity index (χ0v) is 17.8.